The van der Waals surface area contributed by atoms with Crippen molar-refractivity contribution in [3.05, 3.63) is 28.8 Å². The molecule has 0 radical (unpaired) electrons. The van der Waals surface area contributed by atoms with Crippen molar-refractivity contribution >= 4 is 29.1 Å². The standard InChI is InChI=1S/C17H23ClN2O3/c1-4-20(5-2)15(21)12-7-8-13(18)14(11-12)19-16(22)17(3)9-6-10-23-17/h7-8,11H,4-6,9-10H2,1-3H3,(H,19,22)/t17-/m1/s1. The zero-order chi connectivity index (χ0) is 17.0. The van der Waals surface area contributed by atoms with E-state index in [0.717, 1.165) is 6.42 Å². The number of amides is 2. The number of halogens is 1. The van der Waals surface area contributed by atoms with Crippen molar-refractivity contribution in [1.82, 2.24) is 4.90 Å². The van der Waals surface area contributed by atoms with Crippen LogP contribution in [-0.2, 0) is 9.53 Å². The lowest BCUT2D eigenvalue weighted by atomic mass is 10.0. The molecule has 5 nitrogen and oxygen atoms in total. The molecule has 1 atom stereocenters. The van der Waals surface area contributed by atoms with Gasteiger partial charge in [-0.15, -0.1) is 0 Å². The molecule has 0 bridgehead atoms. The summed E-state index contributed by atoms with van der Waals surface area (Å²) >= 11 is 6.16. The van der Waals surface area contributed by atoms with E-state index in [1.165, 1.54) is 0 Å². The monoisotopic (exact) mass is 338 g/mol. The Balaban J connectivity index is 2.20. The number of anilines is 1. The van der Waals surface area contributed by atoms with E-state index in [-0.39, 0.29) is 11.8 Å². The lowest BCUT2D eigenvalue weighted by Gasteiger charge is -2.23. The van der Waals surface area contributed by atoms with E-state index in [4.69, 9.17) is 16.3 Å². The summed E-state index contributed by atoms with van der Waals surface area (Å²) in [6, 6.07) is 4.93. The molecule has 1 aromatic rings. The fraction of sp³-hybridized carbons (Fsp3) is 0.529. The zero-order valence-corrected chi connectivity index (χ0v) is 14.6. The van der Waals surface area contributed by atoms with Gasteiger partial charge >= 0.3 is 0 Å². The molecule has 0 aromatic heterocycles. The number of nitrogens with one attached hydrogen (secondary N) is 1. The zero-order valence-electron chi connectivity index (χ0n) is 13.8. The number of nitrogens with zero attached hydrogens (tertiary/aromatic N) is 1. The van der Waals surface area contributed by atoms with Crippen LogP contribution in [0.4, 0.5) is 5.69 Å². The van der Waals surface area contributed by atoms with Gasteiger partial charge < -0.3 is 15.0 Å². The third-order valence-electron chi connectivity index (χ3n) is 4.21. The highest BCUT2D eigenvalue weighted by atomic mass is 35.5. The minimum atomic E-state index is -0.831. The average Bonchev–Trinajstić information content (AvgIpc) is 2.98. The van der Waals surface area contributed by atoms with Gasteiger partial charge in [0.05, 0.1) is 10.7 Å². The molecule has 2 amide bonds. The maximum atomic E-state index is 12.4. The Morgan fingerprint density at radius 1 is 1.35 bits per heavy atom. The second-order valence-electron chi connectivity index (χ2n) is 5.81. The van der Waals surface area contributed by atoms with Gasteiger partial charge in [0.2, 0.25) is 0 Å². The van der Waals surface area contributed by atoms with E-state index in [1.807, 2.05) is 13.8 Å². The predicted molar refractivity (Wildman–Crippen MR) is 90.9 cm³/mol. The molecule has 1 N–H and O–H groups in total. The van der Waals surface area contributed by atoms with Gasteiger partial charge in [0, 0.05) is 25.3 Å². The normalized spacial score (nSPS) is 20.3. The fourth-order valence-electron chi connectivity index (χ4n) is 2.66. The van der Waals surface area contributed by atoms with Gasteiger partial charge in [0.15, 0.2) is 0 Å². The molecule has 1 aliphatic rings. The van der Waals surface area contributed by atoms with Crippen LogP contribution in [0.2, 0.25) is 5.02 Å². The number of rotatable bonds is 5. The fourth-order valence-corrected chi connectivity index (χ4v) is 2.82. The molecule has 0 saturated carbocycles. The summed E-state index contributed by atoms with van der Waals surface area (Å²) < 4.78 is 5.53. The second-order valence-corrected chi connectivity index (χ2v) is 6.22. The van der Waals surface area contributed by atoms with Crippen molar-refractivity contribution in [2.45, 2.75) is 39.2 Å². The Morgan fingerprint density at radius 2 is 2.04 bits per heavy atom. The van der Waals surface area contributed by atoms with Crippen LogP contribution in [0, 0.1) is 0 Å². The maximum Gasteiger partial charge on any atom is 0.256 e. The molecule has 1 fully saturated rings. The van der Waals surface area contributed by atoms with Crippen molar-refractivity contribution in [2.75, 3.05) is 25.0 Å². The van der Waals surface area contributed by atoms with Crippen LogP contribution in [0.3, 0.4) is 0 Å². The van der Waals surface area contributed by atoms with Crippen molar-refractivity contribution in [3.8, 4) is 0 Å². The second kappa shape index (κ2) is 7.32. The van der Waals surface area contributed by atoms with Crippen LogP contribution < -0.4 is 5.32 Å². The number of hydrogen-bond donors (Lipinski definition) is 1. The highest BCUT2D eigenvalue weighted by molar-refractivity contribution is 6.34. The number of benzene rings is 1. The lowest BCUT2D eigenvalue weighted by Crippen LogP contribution is -2.39. The van der Waals surface area contributed by atoms with Crippen LogP contribution in [0.15, 0.2) is 18.2 Å². The number of carbonyl (C=O) groups is 2. The smallest absolute Gasteiger partial charge is 0.256 e. The third kappa shape index (κ3) is 3.85. The summed E-state index contributed by atoms with van der Waals surface area (Å²) in [7, 11) is 0. The molecule has 1 aliphatic heterocycles. The summed E-state index contributed by atoms with van der Waals surface area (Å²) in [4.78, 5) is 26.6. The van der Waals surface area contributed by atoms with Crippen molar-refractivity contribution in [3.63, 3.8) is 0 Å². The number of ether oxygens (including phenoxy) is 1. The van der Waals surface area contributed by atoms with E-state index in [1.54, 1.807) is 30.0 Å². The molecule has 0 unspecified atom stereocenters. The number of carbonyl (C=O) groups excluding carboxylic acids is 2. The van der Waals surface area contributed by atoms with E-state index in [2.05, 4.69) is 5.32 Å². The molecule has 1 saturated heterocycles. The largest absolute Gasteiger partial charge is 0.365 e. The molecule has 0 spiro atoms. The molecule has 6 heteroatoms. The van der Waals surface area contributed by atoms with Crippen molar-refractivity contribution < 1.29 is 14.3 Å². The van der Waals surface area contributed by atoms with Gasteiger partial charge in [-0.2, -0.15) is 0 Å². The Morgan fingerprint density at radius 3 is 2.61 bits per heavy atom. The first-order chi connectivity index (χ1) is 10.9. The van der Waals surface area contributed by atoms with E-state index < -0.39 is 5.60 Å². The molecular weight excluding hydrogens is 316 g/mol. The SMILES string of the molecule is CCN(CC)C(=O)c1ccc(Cl)c(NC(=O)[C@@]2(C)CCCO2)c1. The molecule has 2 rings (SSSR count). The van der Waals surface area contributed by atoms with Crippen LogP contribution in [0.1, 0.15) is 44.0 Å². The highest BCUT2D eigenvalue weighted by Gasteiger charge is 2.38. The summed E-state index contributed by atoms with van der Waals surface area (Å²) in [6.07, 6.45) is 1.53. The van der Waals surface area contributed by atoms with Crippen LogP contribution in [0.25, 0.3) is 0 Å². The van der Waals surface area contributed by atoms with Gasteiger partial charge in [0.25, 0.3) is 11.8 Å². The lowest BCUT2D eigenvalue weighted by molar-refractivity contribution is -0.133. The molecule has 0 aliphatic carbocycles. The van der Waals surface area contributed by atoms with Gasteiger partial charge in [-0.3, -0.25) is 9.59 Å². The highest BCUT2D eigenvalue weighted by Crippen LogP contribution is 2.29. The molecule has 23 heavy (non-hydrogen) atoms. The van der Waals surface area contributed by atoms with E-state index >= 15 is 0 Å². The molecular formula is C17H23ClN2O3. The third-order valence-corrected chi connectivity index (χ3v) is 4.54. The first-order valence-electron chi connectivity index (χ1n) is 7.95. The molecule has 1 aromatic carbocycles. The summed E-state index contributed by atoms with van der Waals surface area (Å²) in [5.74, 6) is -0.310. The van der Waals surface area contributed by atoms with Crippen molar-refractivity contribution in [2.24, 2.45) is 0 Å². The van der Waals surface area contributed by atoms with Gasteiger partial charge in [0.1, 0.15) is 5.60 Å². The average molecular weight is 339 g/mol. The van der Waals surface area contributed by atoms with Gasteiger partial charge in [-0.25, -0.2) is 0 Å². The molecule has 126 valence electrons. The Kier molecular flexibility index (Phi) is 5.65. The minimum Gasteiger partial charge on any atom is -0.365 e. The van der Waals surface area contributed by atoms with Gasteiger partial charge in [-0.05, 0) is 51.8 Å². The van der Waals surface area contributed by atoms with Crippen LogP contribution >= 0.6 is 11.6 Å². The number of hydrogen-bond acceptors (Lipinski definition) is 3. The first-order valence-corrected chi connectivity index (χ1v) is 8.33. The Hall–Kier alpha value is -1.59. The summed E-state index contributed by atoms with van der Waals surface area (Å²) in [5.41, 5.74) is 0.111. The van der Waals surface area contributed by atoms with E-state index in [9.17, 15) is 9.59 Å². The predicted octanol–water partition coefficient (Wildman–Crippen LogP) is 3.33. The van der Waals surface area contributed by atoms with Gasteiger partial charge in [-0.1, -0.05) is 11.6 Å². The minimum absolute atomic E-state index is 0.0782. The van der Waals surface area contributed by atoms with Crippen molar-refractivity contribution in [1.29, 1.82) is 0 Å². The molecule has 1 heterocycles. The van der Waals surface area contributed by atoms with Crippen LogP contribution in [0.5, 0.6) is 0 Å². The quantitative estimate of drug-likeness (QED) is 0.895. The summed E-state index contributed by atoms with van der Waals surface area (Å²) in [6.45, 7) is 7.47. The topological polar surface area (TPSA) is 58.6 Å². The Bertz CT molecular complexity index is 594. The van der Waals surface area contributed by atoms with E-state index in [0.29, 0.717) is 42.4 Å². The summed E-state index contributed by atoms with van der Waals surface area (Å²) in [5, 5.41) is 3.20. The first kappa shape index (κ1) is 17.8. The van der Waals surface area contributed by atoms with Crippen LogP contribution in [-0.4, -0.2) is 42.0 Å². The maximum absolute atomic E-state index is 12.4. The Labute approximate surface area is 141 Å².